The predicted molar refractivity (Wildman–Crippen MR) is 81.3 cm³/mol. The summed E-state index contributed by atoms with van der Waals surface area (Å²) in [5.74, 6) is -0.0417. The summed E-state index contributed by atoms with van der Waals surface area (Å²) in [5.41, 5.74) is 3.39. The Morgan fingerprint density at radius 2 is 2.00 bits per heavy atom. The number of carbonyl (C=O) groups excluding carboxylic acids is 1. The average molecular weight is 300 g/mol. The fraction of sp³-hybridized carbons (Fsp3) is 0.467. The second-order valence-electron chi connectivity index (χ2n) is 5.59. The Morgan fingerprint density at radius 3 is 2.64 bits per heavy atom. The van der Waals surface area contributed by atoms with Gasteiger partial charge in [0, 0.05) is 38.9 Å². The summed E-state index contributed by atoms with van der Waals surface area (Å²) < 4.78 is 0. The molecule has 0 unspecified atom stereocenters. The van der Waals surface area contributed by atoms with Gasteiger partial charge in [-0.3, -0.25) is 14.7 Å². The number of hydrogen-bond acceptors (Lipinski definition) is 5. The molecule has 2 aromatic rings. The van der Waals surface area contributed by atoms with Crippen molar-refractivity contribution >= 4 is 5.91 Å². The Kier molecular flexibility index (Phi) is 4.15. The van der Waals surface area contributed by atoms with E-state index in [1.165, 1.54) is 5.56 Å². The van der Waals surface area contributed by atoms with E-state index in [9.17, 15) is 4.79 Å². The maximum absolute atomic E-state index is 12.4. The van der Waals surface area contributed by atoms with E-state index in [4.69, 9.17) is 0 Å². The first-order chi connectivity index (χ1) is 10.6. The number of piperazine rings is 1. The van der Waals surface area contributed by atoms with E-state index in [-0.39, 0.29) is 5.91 Å². The minimum absolute atomic E-state index is 0.0417. The van der Waals surface area contributed by atoms with Gasteiger partial charge in [-0.25, -0.2) is 0 Å². The first-order valence-corrected chi connectivity index (χ1v) is 7.44. The van der Waals surface area contributed by atoms with Crippen LogP contribution in [0.2, 0.25) is 0 Å². The van der Waals surface area contributed by atoms with Crippen LogP contribution in [-0.4, -0.2) is 62.3 Å². The Morgan fingerprint density at radius 1 is 1.23 bits per heavy atom. The predicted octanol–water partition coefficient (Wildman–Crippen LogP) is 0.775. The number of H-pyrrole nitrogens is 1. The number of amides is 1. The first kappa shape index (κ1) is 14.6. The maximum atomic E-state index is 12.4. The number of pyridine rings is 1. The molecule has 1 aliphatic heterocycles. The number of nitrogens with one attached hydrogen (secondary N) is 1. The van der Waals surface area contributed by atoms with Crippen LogP contribution in [0.4, 0.5) is 0 Å². The van der Waals surface area contributed by atoms with Gasteiger partial charge in [0.25, 0.3) is 5.91 Å². The molecule has 0 spiro atoms. The van der Waals surface area contributed by atoms with Crippen LogP contribution < -0.4 is 0 Å². The van der Waals surface area contributed by atoms with Crippen molar-refractivity contribution in [1.82, 2.24) is 30.2 Å². The van der Waals surface area contributed by atoms with Crippen LogP contribution in [-0.2, 0) is 6.54 Å². The lowest BCUT2D eigenvalue weighted by atomic mass is 10.2. The topological polar surface area (TPSA) is 78.0 Å². The van der Waals surface area contributed by atoms with Gasteiger partial charge in [0.15, 0.2) is 5.69 Å². The molecule has 0 atom stereocenters. The molecule has 3 heterocycles. The van der Waals surface area contributed by atoms with E-state index in [1.54, 1.807) is 6.92 Å². The van der Waals surface area contributed by atoms with Gasteiger partial charge in [-0.1, -0.05) is 6.07 Å². The zero-order valence-corrected chi connectivity index (χ0v) is 12.9. The van der Waals surface area contributed by atoms with Gasteiger partial charge in [0.05, 0.1) is 11.4 Å². The molecule has 3 rings (SSSR count). The summed E-state index contributed by atoms with van der Waals surface area (Å²) in [6.07, 6.45) is 1.83. The Balaban J connectivity index is 1.58. The fourth-order valence-corrected chi connectivity index (χ4v) is 2.64. The lowest BCUT2D eigenvalue weighted by Crippen LogP contribution is -2.48. The van der Waals surface area contributed by atoms with E-state index in [0.717, 1.165) is 25.3 Å². The van der Waals surface area contributed by atoms with Crippen LogP contribution in [0.15, 0.2) is 18.3 Å². The highest BCUT2D eigenvalue weighted by Crippen LogP contribution is 2.12. The number of nitrogens with zero attached hydrogens (tertiary/aromatic N) is 5. The molecular weight excluding hydrogens is 280 g/mol. The largest absolute Gasteiger partial charge is 0.335 e. The van der Waals surface area contributed by atoms with Crippen molar-refractivity contribution in [3.8, 4) is 0 Å². The Labute approximate surface area is 129 Å². The van der Waals surface area contributed by atoms with Crippen LogP contribution in [0, 0.1) is 13.8 Å². The van der Waals surface area contributed by atoms with E-state index < -0.39 is 0 Å². The number of hydrogen-bond donors (Lipinski definition) is 1. The van der Waals surface area contributed by atoms with Crippen molar-refractivity contribution in [3.05, 3.63) is 41.0 Å². The van der Waals surface area contributed by atoms with Crippen molar-refractivity contribution in [2.75, 3.05) is 26.2 Å². The summed E-state index contributed by atoms with van der Waals surface area (Å²) in [4.78, 5) is 21.0. The number of rotatable bonds is 3. The highest BCUT2D eigenvalue weighted by Gasteiger charge is 2.25. The summed E-state index contributed by atoms with van der Waals surface area (Å²) in [6.45, 7) is 7.80. The molecule has 0 radical (unpaired) electrons. The second kappa shape index (κ2) is 6.23. The summed E-state index contributed by atoms with van der Waals surface area (Å²) >= 11 is 0. The van der Waals surface area contributed by atoms with Gasteiger partial charge in [0.1, 0.15) is 0 Å². The minimum atomic E-state index is -0.0417. The van der Waals surface area contributed by atoms with Crippen molar-refractivity contribution in [2.24, 2.45) is 0 Å². The molecule has 0 aromatic carbocycles. The van der Waals surface area contributed by atoms with E-state index in [0.29, 0.717) is 24.5 Å². The Hall–Kier alpha value is -2.28. The third-order valence-corrected chi connectivity index (χ3v) is 4.08. The number of aryl methyl sites for hydroxylation is 2. The van der Waals surface area contributed by atoms with Gasteiger partial charge in [-0.15, -0.1) is 0 Å². The summed E-state index contributed by atoms with van der Waals surface area (Å²) in [7, 11) is 0. The van der Waals surface area contributed by atoms with Crippen LogP contribution in [0.1, 0.15) is 27.4 Å². The minimum Gasteiger partial charge on any atom is -0.335 e. The maximum Gasteiger partial charge on any atom is 0.276 e. The van der Waals surface area contributed by atoms with Crippen molar-refractivity contribution in [3.63, 3.8) is 0 Å². The molecule has 1 saturated heterocycles. The standard InChI is InChI=1S/C15H20N6O/c1-11-4-3-5-16-13(11)10-20-6-8-21(9-7-20)15(22)14-12(2)17-19-18-14/h3-5H,6-10H2,1-2H3,(H,17,18,19). The van der Waals surface area contributed by atoms with Gasteiger partial charge in [-0.05, 0) is 25.5 Å². The van der Waals surface area contributed by atoms with E-state index >= 15 is 0 Å². The molecule has 1 aliphatic rings. The molecule has 1 fully saturated rings. The van der Waals surface area contributed by atoms with Crippen LogP contribution in [0.25, 0.3) is 0 Å². The smallest absolute Gasteiger partial charge is 0.276 e. The van der Waals surface area contributed by atoms with Gasteiger partial charge >= 0.3 is 0 Å². The van der Waals surface area contributed by atoms with Gasteiger partial charge in [0.2, 0.25) is 0 Å². The third-order valence-electron chi connectivity index (χ3n) is 4.08. The molecule has 7 heteroatoms. The van der Waals surface area contributed by atoms with Crippen molar-refractivity contribution < 1.29 is 4.79 Å². The van der Waals surface area contributed by atoms with Crippen LogP contribution in [0.5, 0.6) is 0 Å². The monoisotopic (exact) mass is 300 g/mol. The van der Waals surface area contributed by atoms with E-state index in [2.05, 4.69) is 38.3 Å². The number of aromatic amines is 1. The normalized spacial score (nSPS) is 16.0. The summed E-state index contributed by atoms with van der Waals surface area (Å²) in [6, 6.07) is 4.03. The quantitative estimate of drug-likeness (QED) is 0.906. The highest BCUT2D eigenvalue weighted by atomic mass is 16.2. The molecule has 116 valence electrons. The molecule has 22 heavy (non-hydrogen) atoms. The van der Waals surface area contributed by atoms with Crippen LogP contribution in [0.3, 0.4) is 0 Å². The van der Waals surface area contributed by atoms with Crippen molar-refractivity contribution in [2.45, 2.75) is 20.4 Å². The van der Waals surface area contributed by atoms with Gasteiger partial charge < -0.3 is 4.90 Å². The van der Waals surface area contributed by atoms with Crippen molar-refractivity contribution in [1.29, 1.82) is 0 Å². The lowest BCUT2D eigenvalue weighted by molar-refractivity contribution is 0.0620. The number of aromatic nitrogens is 4. The molecule has 0 bridgehead atoms. The SMILES string of the molecule is Cc1cccnc1CN1CCN(C(=O)c2n[nH]nc2C)CC1. The first-order valence-electron chi connectivity index (χ1n) is 7.44. The molecule has 0 saturated carbocycles. The van der Waals surface area contributed by atoms with Crippen LogP contribution >= 0.6 is 0 Å². The Bertz CT molecular complexity index is 660. The zero-order chi connectivity index (χ0) is 15.5. The lowest BCUT2D eigenvalue weighted by Gasteiger charge is -2.34. The molecule has 0 aliphatic carbocycles. The second-order valence-corrected chi connectivity index (χ2v) is 5.59. The fourth-order valence-electron chi connectivity index (χ4n) is 2.64. The molecule has 1 amide bonds. The molecule has 2 aromatic heterocycles. The third kappa shape index (κ3) is 2.99. The average Bonchev–Trinajstić information content (AvgIpc) is 2.96. The van der Waals surface area contributed by atoms with Gasteiger partial charge in [-0.2, -0.15) is 15.4 Å². The molecule has 7 nitrogen and oxygen atoms in total. The number of carbonyl (C=O) groups is 1. The molecular formula is C15H20N6O. The zero-order valence-electron chi connectivity index (χ0n) is 12.9. The van der Waals surface area contributed by atoms with E-state index in [1.807, 2.05) is 17.2 Å². The highest BCUT2D eigenvalue weighted by molar-refractivity contribution is 5.93. The summed E-state index contributed by atoms with van der Waals surface area (Å²) in [5, 5.41) is 10.3. The molecule has 1 N–H and O–H groups in total.